The summed E-state index contributed by atoms with van der Waals surface area (Å²) in [7, 11) is 0. The summed E-state index contributed by atoms with van der Waals surface area (Å²) in [5.41, 5.74) is -0.551. The highest BCUT2D eigenvalue weighted by molar-refractivity contribution is 5.94. The van der Waals surface area contributed by atoms with E-state index in [9.17, 15) is 24.4 Å². The van der Waals surface area contributed by atoms with Crippen LogP contribution in [-0.2, 0) is 0 Å². The average Bonchev–Trinajstić information content (AvgIpc) is 2.45. The Morgan fingerprint density at radius 3 is 2.76 bits per heavy atom. The number of hydrogen-bond acceptors (Lipinski definition) is 4. The number of nitrogens with zero attached hydrogens (tertiary/aromatic N) is 1. The van der Waals surface area contributed by atoms with Gasteiger partial charge < -0.3 is 10.4 Å². The van der Waals surface area contributed by atoms with Crippen LogP contribution in [0.1, 0.15) is 36.0 Å². The van der Waals surface area contributed by atoms with Crippen LogP contribution in [0.4, 0.5) is 10.1 Å². The van der Waals surface area contributed by atoms with E-state index in [-0.39, 0.29) is 18.0 Å². The Morgan fingerprint density at radius 1 is 1.38 bits per heavy atom. The van der Waals surface area contributed by atoms with Crippen LogP contribution in [0.15, 0.2) is 18.2 Å². The summed E-state index contributed by atoms with van der Waals surface area (Å²) in [5.74, 6) is -1.42. The number of halogens is 1. The topological polar surface area (TPSA) is 92.5 Å². The summed E-state index contributed by atoms with van der Waals surface area (Å²) in [6.45, 7) is 0.282. The summed E-state index contributed by atoms with van der Waals surface area (Å²) >= 11 is 0. The van der Waals surface area contributed by atoms with Gasteiger partial charge >= 0.3 is 0 Å². The van der Waals surface area contributed by atoms with Gasteiger partial charge in [-0.3, -0.25) is 14.9 Å². The molecule has 1 fully saturated rings. The molecule has 1 aliphatic rings. The molecule has 1 aromatic carbocycles. The number of carbonyl (C=O) groups excluding carboxylic acids is 1. The monoisotopic (exact) mass is 296 g/mol. The second-order valence-electron chi connectivity index (χ2n) is 5.28. The lowest BCUT2D eigenvalue weighted by Crippen LogP contribution is -2.36. The molecule has 0 radical (unpaired) electrons. The van der Waals surface area contributed by atoms with Crippen molar-refractivity contribution < 1.29 is 19.2 Å². The minimum atomic E-state index is -0.827. The molecule has 0 saturated heterocycles. The van der Waals surface area contributed by atoms with Crippen LogP contribution >= 0.6 is 0 Å². The molecule has 0 aromatic heterocycles. The predicted molar refractivity (Wildman–Crippen MR) is 73.4 cm³/mol. The summed E-state index contributed by atoms with van der Waals surface area (Å²) in [4.78, 5) is 21.8. The van der Waals surface area contributed by atoms with Crippen molar-refractivity contribution in [1.29, 1.82) is 0 Å². The molecule has 0 aliphatic heterocycles. The van der Waals surface area contributed by atoms with Crippen molar-refractivity contribution in [2.45, 2.75) is 31.8 Å². The molecule has 2 unspecified atom stereocenters. The molecule has 0 spiro atoms. The zero-order valence-electron chi connectivity index (χ0n) is 11.4. The Bertz CT molecular complexity index is 550. The van der Waals surface area contributed by atoms with Gasteiger partial charge in [-0.2, -0.15) is 0 Å². The first-order valence-electron chi connectivity index (χ1n) is 6.88. The standard InChI is InChI=1S/C14H17FN2O4/c15-11-5-10(6-12(7-11)17(20)21)14(19)16-8-9-3-1-2-4-13(9)18/h5-7,9,13,18H,1-4,8H2,(H,16,19). The van der Waals surface area contributed by atoms with Crippen molar-refractivity contribution in [2.75, 3.05) is 6.54 Å². The maximum Gasteiger partial charge on any atom is 0.273 e. The molecule has 6 nitrogen and oxygen atoms in total. The number of hydrogen-bond donors (Lipinski definition) is 2. The number of amides is 1. The third kappa shape index (κ3) is 3.98. The number of non-ortho nitro benzene ring substituents is 1. The molecule has 7 heteroatoms. The molecule has 2 rings (SSSR count). The molecule has 0 bridgehead atoms. The molecule has 1 aromatic rings. The van der Waals surface area contributed by atoms with Gasteiger partial charge in [0, 0.05) is 24.1 Å². The van der Waals surface area contributed by atoms with Crippen LogP contribution < -0.4 is 5.32 Å². The van der Waals surface area contributed by atoms with Crippen LogP contribution in [0, 0.1) is 21.8 Å². The van der Waals surface area contributed by atoms with E-state index in [2.05, 4.69) is 5.32 Å². The maximum atomic E-state index is 13.3. The lowest BCUT2D eigenvalue weighted by Gasteiger charge is -2.27. The van der Waals surface area contributed by atoms with Gasteiger partial charge in [-0.1, -0.05) is 12.8 Å². The SMILES string of the molecule is O=C(NCC1CCCCC1O)c1cc(F)cc([N+](=O)[O-])c1. The van der Waals surface area contributed by atoms with Crippen molar-refractivity contribution in [3.8, 4) is 0 Å². The fourth-order valence-electron chi connectivity index (χ4n) is 2.56. The molecule has 21 heavy (non-hydrogen) atoms. The fraction of sp³-hybridized carbons (Fsp3) is 0.500. The molecular formula is C14H17FN2O4. The van der Waals surface area contributed by atoms with Crippen molar-refractivity contribution in [3.63, 3.8) is 0 Å². The Hall–Kier alpha value is -2.02. The Labute approximate surface area is 121 Å². The largest absolute Gasteiger partial charge is 0.393 e. The summed E-state index contributed by atoms with van der Waals surface area (Å²) in [5, 5.41) is 23.1. The summed E-state index contributed by atoms with van der Waals surface area (Å²) < 4.78 is 13.3. The van der Waals surface area contributed by atoms with Gasteiger partial charge in [-0.25, -0.2) is 4.39 Å². The van der Waals surface area contributed by atoms with E-state index < -0.39 is 28.4 Å². The second kappa shape index (κ2) is 6.62. The quantitative estimate of drug-likeness (QED) is 0.656. The van der Waals surface area contributed by atoms with Crippen LogP contribution in [-0.4, -0.2) is 28.6 Å². The van der Waals surface area contributed by atoms with Crippen molar-refractivity contribution in [2.24, 2.45) is 5.92 Å². The molecule has 114 valence electrons. The van der Waals surface area contributed by atoms with Crippen molar-refractivity contribution in [3.05, 3.63) is 39.7 Å². The maximum absolute atomic E-state index is 13.3. The normalized spacial score (nSPS) is 21.8. The van der Waals surface area contributed by atoms with E-state index in [1.807, 2.05) is 0 Å². The number of nitro groups is 1. The van der Waals surface area contributed by atoms with E-state index in [0.717, 1.165) is 37.5 Å². The first-order chi connectivity index (χ1) is 9.97. The third-order valence-electron chi connectivity index (χ3n) is 3.75. The molecule has 1 saturated carbocycles. The molecule has 1 aliphatic carbocycles. The van der Waals surface area contributed by atoms with Gasteiger partial charge in [0.1, 0.15) is 5.82 Å². The lowest BCUT2D eigenvalue weighted by atomic mass is 9.86. The molecule has 2 atom stereocenters. The van der Waals surface area contributed by atoms with Crippen LogP contribution in [0.5, 0.6) is 0 Å². The highest BCUT2D eigenvalue weighted by Gasteiger charge is 2.24. The highest BCUT2D eigenvalue weighted by atomic mass is 19.1. The number of aliphatic hydroxyl groups is 1. The van der Waals surface area contributed by atoms with Gasteiger partial charge in [0.25, 0.3) is 11.6 Å². The minimum absolute atomic E-state index is 0.0220. The van der Waals surface area contributed by atoms with Crippen LogP contribution in [0.25, 0.3) is 0 Å². The first kappa shape index (κ1) is 15.4. The predicted octanol–water partition coefficient (Wildman–Crippen LogP) is 2.01. The number of carbonyl (C=O) groups is 1. The minimum Gasteiger partial charge on any atom is -0.393 e. The van der Waals surface area contributed by atoms with E-state index in [1.165, 1.54) is 0 Å². The van der Waals surface area contributed by atoms with Crippen molar-refractivity contribution >= 4 is 11.6 Å². The Kier molecular flexibility index (Phi) is 4.85. The molecular weight excluding hydrogens is 279 g/mol. The molecule has 1 amide bonds. The number of nitrogens with one attached hydrogen (secondary N) is 1. The number of benzene rings is 1. The van der Waals surface area contributed by atoms with Gasteiger partial charge in [0.05, 0.1) is 17.1 Å². The third-order valence-corrected chi connectivity index (χ3v) is 3.75. The van der Waals surface area contributed by atoms with Crippen LogP contribution in [0.3, 0.4) is 0 Å². The first-order valence-corrected chi connectivity index (χ1v) is 6.88. The van der Waals surface area contributed by atoms with Gasteiger partial charge in [-0.05, 0) is 18.9 Å². The second-order valence-corrected chi connectivity index (χ2v) is 5.28. The van der Waals surface area contributed by atoms with E-state index in [0.29, 0.717) is 6.42 Å². The van der Waals surface area contributed by atoms with Gasteiger partial charge in [0.15, 0.2) is 0 Å². The van der Waals surface area contributed by atoms with Crippen molar-refractivity contribution in [1.82, 2.24) is 5.32 Å². The van der Waals surface area contributed by atoms with E-state index >= 15 is 0 Å². The molecule has 0 heterocycles. The zero-order valence-corrected chi connectivity index (χ0v) is 11.4. The number of aliphatic hydroxyl groups excluding tert-OH is 1. The Morgan fingerprint density at radius 2 is 2.10 bits per heavy atom. The van der Waals surface area contributed by atoms with Gasteiger partial charge in [0.2, 0.25) is 0 Å². The fourth-order valence-corrected chi connectivity index (χ4v) is 2.56. The highest BCUT2D eigenvalue weighted by Crippen LogP contribution is 2.24. The van der Waals surface area contributed by atoms with Crippen LogP contribution in [0.2, 0.25) is 0 Å². The van der Waals surface area contributed by atoms with E-state index in [1.54, 1.807) is 0 Å². The Balaban J connectivity index is 2.01. The number of nitro benzene ring substituents is 1. The number of rotatable bonds is 4. The van der Waals surface area contributed by atoms with Gasteiger partial charge in [-0.15, -0.1) is 0 Å². The zero-order chi connectivity index (χ0) is 15.4. The summed E-state index contributed by atoms with van der Waals surface area (Å²) in [6.07, 6.45) is 3.07. The lowest BCUT2D eigenvalue weighted by molar-refractivity contribution is -0.385. The summed E-state index contributed by atoms with van der Waals surface area (Å²) in [6, 6.07) is 2.76. The van der Waals surface area contributed by atoms with E-state index in [4.69, 9.17) is 0 Å². The average molecular weight is 296 g/mol. The molecule has 2 N–H and O–H groups in total. The smallest absolute Gasteiger partial charge is 0.273 e.